The van der Waals surface area contributed by atoms with Crippen molar-refractivity contribution in [2.45, 2.75) is 25.4 Å². The van der Waals surface area contributed by atoms with E-state index in [4.69, 9.17) is 17.3 Å². The van der Waals surface area contributed by atoms with E-state index in [0.717, 1.165) is 18.4 Å². The minimum atomic E-state index is -0.512. The fourth-order valence-corrected chi connectivity index (χ4v) is 3.01. The predicted molar refractivity (Wildman–Crippen MR) is 112 cm³/mol. The first kappa shape index (κ1) is 21.9. The third-order valence-corrected chi connectivity index (χ3v) is 4.98. The molecular formula is C19H22Cl2N4O3. The second-order valence-electron chi connectivity index (χ2n) is 6.65. The highest BCUT2D eigenvalue weighted by Gasteiger charge is 2.28. The molecule has 0 aliphatic heterocycles. The lowest BCUT2D eigenvalue weighted by molar-refractivity contribution is -0.384. The summed E-state index contributed by atoms with van der Waals surface area (Å²) in [6.45, 7) is 0.700. The summed E-state index contributed by atoms with van der Waals surface area (Å²) in [4.78, 5) is 23.2. The lowest BCUT2D eigenvalue weighted by Crippen LogP contribution is -2.38. The normalized spacial score (nSPS) is 13.9. The fourth-order valence-electron chi connectivity index (χ4n) is 2.81. The molecule has 7 nitrogen and oxygen atoms in total. The minimum Gasteiger partial charge on any atom is -0.375 e. The zero-order valence-electron chi connectivity index (χ0n) is 15.1. The van der Waals surface area contributed by atoms with Gasteiger partial charge in [-0.05, 0) is 42.5 Å². The molecular weight excluding hydrogens is 403 g/mol. The zero-order valence-corrected chi connectivity index (χ0v) is 16.6. The number of anilines is 1. The van der Waals surface area contributed by atoms with Crippen LogP contribution in [0.5, 0.6) is 0 Å². The maximum absolute atomic E-state index is 12.3. The number of halogens is 2. The molecule has 150 valence electrons. The number of nitrogens with one attached hydrogen (secondary N) is 2. The lowest BCUT2D eigenvalue weighted by Gasteiger charge is -2.12. The van der Waals surface area contributed by atoms with Crippen molar-refractivity contribution in [3.63, 3.8) is 0 Å². The molecule has 0 aromatic heterocycles. The van der Waals surface area contributed by atoms with Gasteiger partial charge in [0.2, 0.25) is 0 Å². The number of nitro benzene ring substituents is 1. The number of benzene rings is 2. The Labute approximate surface area is 174 Å². The monoisotopic (exact) mass is 424 g/mol. The summed E-state index contributed by atoms with van der Waals surface area (Å²) in [5, 5.41) is 17.8. The summed E-state index contributed by atoms with van der Waals surface area (Å²) in [6.07, 6.45) is 2.18. The summed E-state index contributed by atoms with van der Waals surface area (Å²) >= 11 is 6.11. The Kier molecular flexibility index (Phi) is 7.62. The average molecular weight is 425 g/mol. The predicted octanol–water partition coefficient (Wildman–Crippen LogP) is 3.75. The van der Waals surface area contributed by atoms with E-state index in [0.29, 0.717) is 29.7 Å². The molecule has 1 amide bonds. The van der Waals surface area contributed by atoms with Crippen LogP contribution in [0.1, 0.15) is 28.8 Å². The van der Waals surface area contributed by atoms with Crippen molar-refractivity contribution in [3.8, 4) is 0 Å². The van der Waals surface area contributed by atoms with Gasteiger partial charge in [-0.3, -0.25) is 14.9 Å². The molecule has 1 saturated carbocycles. The van der Waals surface area contributed by atoms with E-state index >= 15 is 0 Å². The van der Waals surface area contributed by atoms with Crippen LogP contribution < -0.4 is 16.4 Å². The third kappa shape index (κ3) is 5.58. The van der Waals surface area contributed by atoms with Crippen LogP contribution in [0.2, 0.25) is 5.02 Å². The Hall–Kier alpha value is -2.35. The van der Waals surface area contributed by atoms with Crippen LogP contribution in [-0.2, 0) is 6.54 Å². The van der Waals surface area contributed by atoms with Gasteiger partial charge in [-0.2, -0.15) is 0 Å². The van der Waals surface area contributed by atoms with E-state index in [9.17, 15) is 14.9 Å². The Morgan fingerprint density at radius 3 is 2.64 bits per heavy atom. The van der Waals surface area contributed by atoms with E-state index in [1.54, 1.807) is 12.1 Å². The van der Waals surface area contributed by atoms with Crippen molar-refractivity contribution in [1.82, 2.24) is 5.32 Å². The van der Waals surface area contributed by atoms with Crippen LogP contribution in [0.25, 0.3) is 0 Å². The summed E-state index contributed by atoms with van der Waals surface area (Å²) in [5.74, 6) is 0.0999. The summed E-state index contributed by atoms with van der Waals surface area (Å²) in [5.41, 5.74) is 7.18. The first-order chi connectivity index (χ1) is 13.0. The molecule has 0 spiro atoms. The van der Waals surface area contributed by atoms with Crippen molar-refractivity contribution in [1.29, 1.82) is 0 Å². The largest absolute Gasteiger partial charge is 0.375 e. The molecule has 28 heavy (non-hydrogen) atoms. The van der Waals surface area contributed by atoms with E-state index in [1.165, 1.54) is 12.1 Å². The molecule has 0 bridgehead atoms. The summed E-state index contributed by atoms with van der Waals surface area (Å²) in [7, 11) is 0. The maximum Gasteiger partial charge on any atom is 0.293 e. The van der Waals surface area contributed by atoms with Gasteiger partial charge in [0.15, 0.2) is 0 Å². The van der Waals surface area contributed by atoms with Gasteiger partial charge in [0.05, 0.1) is 4.92 Å². The van der Waals surface area contributed by atoms with Gasteiger partial charge < -0.3 is 16.4 Å². The molecule has 1 aliphatic rings. The van der Waals surface area contributed by atoms with Crippen molar-refractivity contribution in [2.24, 2.45) is 11.7 Å². The molecule has 1 fully saturated rings. The topological polar surface area (TPSA) is 110 Å². The molecule has 1 unspecified atom stereocenters. The second kappa shape index (κ2) is 9.73. The molecule has 0 saturated heterocycles. The number of carbonyl (C=O) groups excluding carboxylic acids is 1. The lowest BCUT2D eigenvalue weighted by atomic mass is 10.1. The molecule has 1 aliphatic carbocycles. The standard InChI is InChI=1S/C19H21ClN4O3.ClH/c20-15-4-2-1-3-14(15)10-22-17-8-7-13(9-18(17)24(26)27)19(25)23-11-16(21)12-5-6-12;/h1-4,7-9,12,16,22H,5-6,10-11,21H2,(H,23,25);1H. The van der Waals surface area contributed by atoms with Crippen molar-refractivity contribution >= 4 is 41.3 Å². The zero-order chi connectivity index (χ0) is 19.4. The highest BCUT2D eigenvalue weighted by Crippen LogP contribution is 2.31. The average Bonchev–Trinajstić information content (AvgIpc) is 3.50. The first-order valence-electron chi connectivity index (χ1n) is 8.75. The number of carbonyl (C=O) groups is 1. The molecule has 0 heterocycles. The van der Waals surface area contributed by atoms with Gasteiger partial charge in [-0.1, -0.05) is 29.8 Å². The van der Waals surface area contributed by atoms with Crippen LogP contribution in [0.3, 0.4) is 0 Å². The number of hydrogen-bond donors (Lipinski definition) is 3. The number of amides is 1. The Morgan fingerprint density at radius 2 is 2.00 bits per heavy atom. The van der Waals surface area contributed by atoms with Crippen molar-refractivity contribution in [2.75, 3.05) is 11.9 Å². The molecule has 2 aromatic carbocycles. The van der Waals surface area contributed by atoms with Crippen LogP contribution in [0.4, 0.5) is 11.4 Å². The SMILES string of the molecule is Cl.NC(CNC(=O)c1ccc(NCc2ccccc2Cl)c([N+](=O)[O-])c1)C1CC1. The number of hydrogen-bond acceptors (Lipinski definition) is 5. The maximum atomic E-state index is 12.3. The van der Waals surface area contributed by atoms with Crippen LogP contribution >= 0.6 is 24.0 Å². The number of nitrogens with two attached hydrogens (primary N) is 1. The van der Waals surface area contributed by atoms with Gasteiger partial charge in [0.1, 0.15) is 5.69 Å². The molecule has 4 N–H and O–H groups in total. The number of nitro groups is 1. The summed E-state index contributed by atoms with van der Waals surface area (Å²) in [6, 6.07) is 11.5. The Bertz CT molecular complexity index is 859. The fraction of sp³-hybridized carbons (Fsp3) is 0.316. The molecule has 9 heteroatoms. The quantitative estimate of drug-likeness (QED) is 0.441. The molecule has 3 rings (SSSR count). The molecule has 1 atom stereocenters. The highest BCUT2D eigenvalue weighted by molar-refractivity contribution is 6.31. The van der Waals surface area contributed by atoms with Crippen LogP contribution in [0.15, 0.2) is 42.5 Å². The van der Waals surface area contributed by atoms with Gasteiger partial charge >= 0.3 is 0 Å². The second-order valence-corrected chi connectivity index (χ2v) is 7.05. The Morgan fingerprint density at radius 1 is 1.29 bits per heavy atom. The van der Waals surface area contributed by atoms with Crippen LogP contribution in [-0.4, -0.2) is 23.4 Å². The van der Waals surface area contributed by atoms with Gasteiger partial charge in [0.25, 0.3) is 11.6 Å². The first-order valence-corrected chi connectivity index (χ1v) is 9.13. The van der Waals surface area contributed by atoms with Crippen LogP contribution in [0, 0.1) is 16.0 Å². The van der Waals surface area contributed by atoms with E-state index in [-0.39, 0.29) is 35.6 Å². The van der Waals surface area contributed by atoms with Crippen molar-refractivity contribution in [3.05, 3.63) is 68.7 Å². The summed E-state index contributed by atoms with van der Waals surface area (Å²) < 4.78 is 0. The van der Waals surface area contributed by atoms with Crippen molar-refractivity contribution < 1.29 is 9.72 Å². The number of nitrogens with zero attached hydrogens (tertiary/aromatic N) is 1. The highest BCUT2D eigenvalue weighted by atomic mass is 35.5. The smallest absolute Gasteiger partial charge is 0.293 e. The third-order valence-electron chi connectivity index (χ3n) is 4.61. The van der Waals surface area contributed by atoms with E-state index < -0.39 is 4.92 Å². The van der Waals surface area contributed by atoms with Gasteiger partial charge in [-0.15, -0.1) is 12.4 Å². The minimum absolute atomic E-state index is 0. The van der Waals surface area contributed by atoms with Gasteiger partial charge in [-0.25, -0.2) is 0 Å². The molecule has 0 radical (unpaired) electrons. The number of rotatable bonds is 8. The van der Waals surface area contributed by atoms with E-state index in [1.807, 2.05) is 18.2 Å². The Balaban J connectivity index is 0.00000280. The molecule has 2 aromatic rings. The van der Waals surface area contributed by atoms with E-state index in [2.05, 4.69) is 10.6 Å². The van der Waals surface area contributed by atoms with Gasteiger partial charge in [0, 0.05) is 35.8 Å².